The quantitative estimate of drug-likeness (QED) is 0.165. The Labute approximate surface area is 371 Å². The fourth-order valence-electron chi connectivity index (χ4n) is 10.4. The molecule has 2 aliphatic heterocycles. The molecule has 0 spiro atoms. The normalized spacial score (nSPS) is 13.2. The summed E-state index contributed by atoms with van der Waals surface area (Å²) in [6.07, 6.45) is 0. The van der Waals surface area contributed by atoms with Crippen molar-refractivity contribution >= 4 is 95.7 Å². The summed E-state index contributed by atoms with van der Waals surface area (Å²) in [4.78, 5) is 5.12. The Morgan fingerprint density at radius 2 is 1.13 bits per heavy atom. The lowest BCUT2D eigenvalue weighted by Crippen LogP contribution is -2.60. The van der Waals surface area contributed by atoms with Gasteiger partial charge in [-0.05, 0) is 111 Å². The Balaban J connectivity index is 1.11. The van der Waals surface area contributed by atoms with Crippen molar-refractivity contribution < 1.29 is 4.42 Å². The van der Waals surface area contributed by atoms with Crippen LogP contribution in [0.1, 0.15) is 26.3 Å². The molecule has 0 fully saturated rings. The number of aromatic nitrogens is 1. The first-order valence-corrected chi connectivity index (χ1v) is 22.7. The van der Waals surface area contributed by atoms with Gasteiger partial charge in [-0.2, -0.15) is 0 Å². The van der Waals surface area contributed by atoms with Gasteiger partial charge >= 0.3 is 0 Å². The van der Waals surface area contributed by atoms with Crippen molar-refractivity contribution in [1.82, 2.24) is 4.57 Å². The van der Waals surface area contributed by atoms with Crippen molar-refractivity contribution in [3.8, 4) is 27.9 Å². The highest BCUT2D eigenvalue weighted by Crippen LogP contribution is 2.48. The third-order valence-electron chi connectivity index (χ3n) is 13.4. The Hall–Kier alpha value is -7.21. The minimum Gasteiger partial charge on any atom is -0.456 e. The van der Waals surface area contributed by atoms with E-state index in [4.69, 9.17) is 4.42 Å². The number of hydrogen-bond donors (Lipinski definition) is 0. The molecule has 11 aromatic rings. The van der Waals surface area contributed by atoms with E-state index in [1.165, 1.54) is 92.9 Å². The van der Waals surface area contributed by atoms with Gasteiger partial charge in [0.15, 0.2) is 0 Å². The number of benzene rings is 9. The molecule has 298 valence electrons. The molecular formula is C58H41BN2OS. The molecule has 13 rings (SSSR count). The minimum absolute atomic E-state index is 0.0215. The Morgan fingerprint density at radius 3 is 1.89 bits per heavy atom. The van der Waals surface area contributed by atoms with E-state index < -0.39 is 0 Å². The zero-order valence-electron chi connectivity index (χ0n) is 35.3. The summed E-state index contributed by atoms with van der Waals surface area (Å²) >= 11 is 1.90. The average Bonchev–Trinajstić information content (AvgIpc) is 3.87. The van der Waals surface area contributed by atoms with E-state index in [1.54, 1.807) is 0 Å². The minimum atomic E-state index is -0.0215. The lowest BCUT2D eigenvalue weighted by Gasteiger charge is -2.41. The summed E-state index contributed by atoms with van der Waals surface area (Å²) in [5.41, 5.74) is 19.1. The number of rotatable bonds is 4. The maximum atomic E-state index is 6.57. The molecule has 0 saturated carbocycles. The van der Waals surface area contributed by atoms with Crippen LogP contribution in [0.2, 0.25) is 0 Å². The van der Waals surface area contributed by atoms with Crippen molar-refractivity contribution in [2.45, 2.75) is 36.0 Å². The lowest BCUT2D eigenvalue weighted by atomic mass is 9.34. The fourth-order valence-corrected chi connectivity index (χ4v) is 11.6. The largest absolute Gasteiger partial charge is 0.456 e. The number of para-hydroxylation sites is 3. The number of fused-ring (bicyclic) bond motifs is 10. The molecule has 5 heteroatoms. The zero-order chi connectivity index (χ0) is 42.0. The molecule has 0 amide bonds. The zero-order valence-corrected chi connectivity index (χ0v) is 36.1. The Morgan fingerprint density at radius 1 is 0.460 bits per heavy atom. The van der Waals surface area contributed by atoms with Crippen LogP contribution in [0.25, 0.3) is 71.7 Å². The van der Waals surface area contributed by atoms with Gasteiger partial charge in [0.1, 0.15) is 11.2 Å². The predicted molar refractivity (Wildman–Crippen MR) is 268 cm³/mol. The predicted octanol–water partition coefficient (Wildman–Crippen LogP) is 14.1. The number of hydrogen-bond acceptors (Lipinski definition) is 3. The third kappa shape index (κ3) is 5.56. The number of furan rings is 1. The van der Waals surface area contributed by atoms with E-state index in [9.17, 15) is 0 Å². The van der Waals surface area contributed by atoms with Crippen molar-refractivity contribution in [1.29, 1.82) is 0 Å². The highest BCUT2D eigenvalue weighted by molar-refractivity contribution is 8.00. The molecule has 0 bridgehead atoms. The summed E-state index contributed by atoms with van der Waals surface area (Å²) in [5.74, 6) is 0. The first kappa shape index (κ1) is 36.4. The molecule has 0 atom stereocenters. The number of nitrogens with zero attached hydrogens (tertiary/aromatic N) is 2. The summed E-state index contributed by atoms with van der Waals surface area (Å²) < 4.78 is 9.02. The first-order chi connectivity index (χ1) is 30.9. The molecule has 0 N–H and O–H groups in total. The van der Waals surface area contributed by atoms with E-state index in [0.717, 1.165) is 27.6 Å². The highest BCUT2D eigenvalue weighted by Gasteiger charge is 2.42. The van der Waals surface area contributed by atoms with Crippen LogP contribution in [0.4, 0.5) is 17.1 Å². The topological polar surface area (TPSA) is 21.3 Å². The van der Waals surface area contributed by atoms with Crippen molar-refractivity contribution in [3.05, 3.63) is 200 Å². The van der Waals surface area contributed by atoms with Crippen LogP contribution in [0, 0.1) is 0 Å². The maximum Gasteiger partial charge on any atom is 0.249 e. The molecule has 63 heavy (non-hydrogen) atoms. The van der Waals surface area contributed by atoms with E-state index in [-0.39, 0.29) is 12.1 Å². The van der Waals surface area contributed by atoms with Crippen LogP contribution in [-0.4, -0.2) is 11.3 Å². The van der Waals surface area contributed by atoms with Crippen LogP contribution in [0.3, 0.4) is 0 Å². The summed E-state index contributed by atoms with van der Waals surface area (Å²) in [6, 6.07) is 71.9. The van der Waals surface area contributed by atoms with Crippen LogP contribution in [0.5, 0.6) is 0 Å². The molecule has 0 radical (unpaired) electrons. The smallest absolute Gasteiger partial charge is 0.249 e. The standard InChI is InChI=1S/C58H41BN2OS/c1-58(2,3)40-27-24-37(25-28-40)39-33-51-57-55(34-39)63-54-31-29-41(60-47-19-10-7-16-42(47)43-17-8-11-20-48(43)60)35-46(54)59(57)45-32-38(36-14-5-4-6-15-36)26-30-49(45)61(51)50-21-13-23-53-56(50)44-18-9-12-22-52(44)62-53/h4-35H,1-3H3. The molecule has 2 aliphatic rings. The van der Waals surface area contributed by atoms with Gasteiger partial charge in [0.05, 0.1) is 22.1 Å². The van der Waals surface area contributed by atoms with Crippen LogP contribution in [-0.2, 0) is 5.41 Å². The monoisotopic (exact) mass is 824 g/mol. The molecule has 0 saturated heterocycles. The van der Waals surface area contributed by atoms with Crippen LogP contribution in [0.15, 0.2) is 208 Å². The van der Waals surface area contributed by atoms with E-state index >= 15 is 0 Å². The van der Waals surface area contributed by atoms with Gasteiger partial charge in [-0.25, -0.2) is 0 Å². The molecule has 0 unspecified atom stereocenters. The first-order valence-electron chi connectivity index (χ1n) is 21.9. The Kier molecular flexibility index (Phi) is 7.90. The summed E-state index contributed by atoms with van der Waals surface area (Å²) in [6.45, 7) is 6.83. The van der Waals surface area contributed by atoms with Gasteiger partial charge < -0.3 is 13.9 Å². The number of anilines is 3. The van der Waals surface area contributed by atoms with Crippen LogP contribution >= 0.6 is 11.8 Å². The van der Waals surface area contributed by atoms with Gasteiger partial charge in [0.25, 0.3) is 0 Å². The molecule has 3 nitrogen and oxygen atoms in total. The van der Waals surface area contributed by atoms with Crippen LogP contribution < -0.4 is 21.3 Å². The SMILES string of the molecule is CC(C)(C)c1ccc(-c2cc3c4c(c2)N(c2cccc5oc6ccccc6c25)c2ccc(-c5ccccc5)cc2B4c2cc(-n4c5ccccc5c5ccccc54)ccc2S3)cc1. The molecule has 0 aliphatic carbocycles. The van der Waals surface area contributed by atoms with E-state index in [0.29, 0.717) is 0 Å². The van der Waals surface area contributed by atoms with E-state index in [1.807, 2.05) is 11.8 Å². The second kappa shape index (κ2) is 13.6. The van der Waals surface area contributed by atoms with Gasteiger partial charge in [-0.3, -0.25) is 0 Å². The summed E-state index contributed by atoms with van der Waals surface area (Å²) in [7, 11) is 0. The van der Waals surface area contributed by atoms with Crippen molar-refractivity contribution in [2.75, 3.05) is 4.90 Å². The summed E-state index contributed by atoms with van der Waals surface area (Å²) in [5, 5.41) is 4.77. The second-order valence-corrected chi connectivity index (χ2v) is 19.2. The Bertz CT molecular complexity index is 3600. The van der Waals surface area contributed by atoms with Crippen molar-refractivity contribution in [3.63, 3.8) is 0 Å². The van der Waals surface area contributed by atoms with Crippen molar-refractivity contribution in [2.24, 2.45) is 0 Å². The molecule has 9 aromatic carbocycles. The highest BCUT2D eigenvalue weighted by atomic mass is 32.2. The van der Waals surface area contributed by atoms with Gasteiger partial charge in [0.2, 0.25) is 6.71 Å². The third-order valence-corrected chi connectivity index (χ3v) is 14.6. The lowest BCUT2D eigenvalue weighted by molar-refractivity contribution is 0.590. The second-order valence-electron chi connectivity index (χ2n) is 18.1. The van der Waals surface area contributed by atoms with E-state index in [2.05, 4.69) is 224 Å². The molecule has 4 heterocycles. The van der Waals surface area contributed by atoms with Gasteiger partial charge in [-0.15, -0.1) is 0 Å². The average molecular weight is 825 g/mol. The molecular weight excluding hydrogens is 784 g/mol. The molecule has 2 aromatic heterocycles. The van der Waals surface area contributed by atoms with Gasteiger partial charge in [-0.1, -0.05) is 165 Å². The van der Waals surface area contributed by atoms with Gasteiger partial charge in [0, 0.05) is 43.0 Å². The maximum absolute atomic E-state index is 6.57. The fraction of sp³-hybridized carbons (Fsp3) is 0.0690.